The number of rotatable bonds is 6. The molecule has 30 heavy (non-hydrogen) atoms. The van der Waals surface area contributed by atoms with Crippen molar-refractivity contribution in [2.24, 2.45) is 0 Å². The highest BCUT2D eigenvalue weighted by Crippen LogP contribution is 2.32. The van der Waals surface area contributed by atoms with Crippen LogP contribution < -0.4 is 14.6 Å². The van der Waals surface area contributed by atoms with E-state index in [1.807, 2.05) is 0 Å². The molecule has 0 aliphatic heterocycles. The Morgan fingerprint density at radius 1 is 0.967 bits per heavy atom. The van der Waals surface area contributed by atoms with Gasteiger partial charge in [-0.15, -0.1) is 0 Å². The smallest absolute Gasteiger partial charge is 0.416 e. The van der Waals surface area contributed by atoms with Gasteiger partial charge in [-0.3, -0.25) is 9.10 Å². The largest absolute Gasteiger partial charge is 0.457 e. The predicted octanol–water partition coefficient (Wildman–Crippen LogP) is 4.15. The number of benzene rings is 2. The highest BCUT2D eigenvalue weighted by atomic mass is 32.2. The molecule has 0 fully saturated rings. The van der Waals surface area contributed by atoms with Gasteiger partial charge >= 0.3 is 6.18 Å². The monoisotopic (exact) mass is 438 g/mol. The topological polar surface area (TPSA) is 79.5 Å². The molecule has 0 amide bonds. The summed E-state index contributed by atoms with van der Waals surface area (Å²) >= 11 is 0. The molecule has 0 saturated carbocycles. The Kier molecular flexibility index (Phi) is 5.88. The van der Waals surface area contributed by atoms with Gasteiger partial charge in [-0.1, -0.05) is 6.07 Å². The first kappa shape index (κ1) is 21.4. The zero-order valence-corrected chi connectivity index (χ0v) is 16.5. The average Bonchev–Trinajstić information content (AvgIpc) is 2.67. The highest BCUT2D eigenvalue weighted by Gasteiger charge is 2.30. The van der Waals surface area contributed by atoms with E-state index in [0.29, 0.717) is 11.4 Å². The fourth-order valence-corrected chi connectivity index (χ4v) is 3.54. The van der Waals surface area contributed by atoms with Crippen molar-refractivity contribution in [2.75, 3.05) is 10.6 Å². The molecule has 0 atom stereocenters. The Bertz CT molecular complexity index is 1170. The summed E-state index contributed by atoms with van der Waals surface area (Å²) in [6.45, 7) is -0.159. The molecule has 6 nitrogen and oxygen atoms in total. The molecule has 0 saturated heterocycles. The number of aromatic nitrogens is 1. The number of nitrogens with one attached hydrogen (secondary N) is 1. The zero-order chi connectivity index (χ0) is 21.9. The number of nitrogens with zero attached hydrogens (tertiary/aromatic N) is 1. The number of H-pyrrole nitrogens is 1. The number of ether oxygens (including phenoxy) is 1. The van der Waals surface area contributed by atoms with E-state index in [4.69, 9.17) is 4.74 Å². The zero-order valence-electron chi connectivity index (χ0n) is 15.7. The Morgan fingerprint density at radius 2 is 1.53 bits per heavy atom. The molecule has 0 unspecified atom stereocenters. The number of aromatic amines is 1. The Balaban J connectivity index is 1.80. The van der Waals surface area contributed by atoms with Crippen molar-refractivity contribution in [3.05, 3.63) is 88.3 Å². The molecule has 1 heterocycles. The number of sulfonamides is 1. The van der Waals surface area contributed by atoms with Crippen LogP contribution in [0, 0.1) is 0 Å². The van der Waals surface area contributed by atoms with E-state index in [2.05, 4.69) is 4.98 Å². The van der Waals surface area contributed by atoms with Crippen LogP contribution in [-0.2, 0) is 22.7 Å². The van der Waals surface area contributed by atoms with Crippen LogP contribution in [0.5, 0.6) is 11.5 Å². The maximum Gasteiger partial charge on any atom is 0.416 e. The molecular weight excluding hydrogens is 421 g/mol. The SMILES string of the molecule is CS(=O)(=O)N(Cc1ccc[nH]c1=O)c1ccc(Oc2ccc(C(F)(F)F)cc2)cc1. The summed E-state index contributed by atoms with van der Waals surface area (Å²) in [5.41, 5.74) is -0.605. The molecular formula is C20H17F3N2O4S. The highest BCUT2D eigenvalue weighted by molar-refractivity contribution is 7.92. The van der Waals surface area contributed by atoms with Crippen molar-refractivity contribution in [1.29, 1.82) is 0 Å². The van der Waals surface area contributed by atoms with Crippen LogP contribution in [0.2, 0.25) is 0 Å². The van der Waals surface area contributed by atoms with Crippen LogP contribution in [0.4, 0.5) is 18.9 Å². The van der Waals surface area contributed by atoms with Gasteiger partial charge in [0.25, 0.3) is 5.56 Å². The van der Waals surface area contributed by atoms with Crippen molar-refractivity contribution in [3.63, 3.8) is 0 Å². The summed E-state index contributed by atoms with van der Waals surface area (Å²) in [7, 11) is -3.69. The number of pyridine rings is 1. The minimum atomic E-state index is -4.43. The van der Waals surface area contributed by atoms with Gasteiger partial charge in [-0.05, 0) is 54.6 Å². The van der Waals surface area contributed by atoms with E-state index in [1.165, 1.54) is 48.7 Å². The minimum Gasteiger partial charge on any atom is -0.457 e. The average molecular weight is 438 g/mol. The van der Waals surface area contributed by atoms with Crippen LogP contribution in [0.1, 0.15) is 11.1 Å². The van der Waals surface area contributed by atoms with Gasteiger partial charge in [0, 0.05) is 11.8 Å². The predicted molar refractivity (Wildman–Crippen MR) is 106 cm³/mol. The molecule has 1 aromatic heterocycles. The van der Waals surface area contributed by atoms with Crippen LogP contribution in [0.3, 0.4) is 0 Å². The van der Waals surface area contributed by atoms with E-state index >= 15 is 0 Å². The van der Waals surface area contributed by atoms with Crippen molar-refractivity contribution >= 4 is 15.7 Å². The standard InChI is InChI=1S/C20H17F3N2O4S/c1-30(27,28)25(13-14-3-2-12-24-19(14)26)16-6-10-18(11-7-16)29-17-8-4-15(5-9-17)20(21,22)23/h2-12H,13H2,1H3,(H,24,26). The molecule has 0 aliphatic rings. The van der Waals surface area contributed by atoms with E-state index in [9.17, 15) is 26.4 Å². The second-order valence-electron chi connectivity index (χ2n) is 6.41. The van der Waals surface area contributed by atoms with Gasteiger partial charge < -0.3 is 9.72 Å². The van der Waals surface area contributed by atoms with Crippen molar-refractivity contribution in [1.82, 2.24) is 4.98 Å². The second-order valence-corrected chi connectivity index (χ2v) is 8.32. The first-order chi connectivity index (χ1) is 14.0. The lowest BCUT2D eigenvalue weighted by molar-refractivity contribution is -0.137. The van der Waals surface area contributed by atoms with Gasteiger partial charge in [0.1, 0.15) is 11.5 Å². The normalized spacial score (nSPS) is 11.9. The summed E-state index contributed by atoms with van der Waals surface area (Å²) in [4.78, 5) is 14.4. The summed E-state index contributed by atoms with van der Waals surface area (Å²) in [6.07, 6.45) is -1.96. The molecule has 1 N–H and O–H groups in total. The molecule has 10 heteroatoms. The van der Waals surface area contributed by atoms with Crippen molar-refractivity contribution < 1.29 is 26.3 Å². The number of halogens is 3. The fraction of sp³-hybridized carbons (Fsp3) is 0.150. The number of alkyl halides is 3. The van der Waals surface area contributed by atoms with Crippen molar-refractivity contribution in [3.8, 4) is 11.5 Å². The fourth-order valence-electron chi connectivity index (χ4n) is 2.66. The third-order valence-corrected chi connectivity index (χ3v) is 5.30. The molecule has 3 aromatic rings. The number of hydrogen-bond acceptors (Lipinski definition) is 4. The van der Waals surface area contributed by atoms with Crippen molar-refractivity contribution in [2.45, 2.75) is 12.7 Å². The maximum absolute atomic E-state index is 12.6. The van der Waals surface area contributed by atoms with Gasteiger partial charge in [-0.25, -0.2) is 8.42 Å². The number of hydrogen-bond donors (Lipinski definition) is 1. The van der Waals surface area contributed by atoms with Crippen LogP contribution in [0.15, 0.2) is 71.7 Å². The Labute approximate surface area is 170 Å². The summed E-state index contributed by atoms with van der Waals surface area (Å²) in [5, 5.41) is 0. The minimum absolute atomic E-state index is 0.159. The quantitative estimate of drug-likeness (QED) is 0.627. The number of anilines is 1. The third kappa shape index (κ3) is 5.20. The van der Waals surface area contributed by atoms with Crippen LogP contribution in [0.25, 0.3) is 0 Å². The maximum atomic E-state index is 12.6. The molecule has 0 bridgehead atoms. The van der Waals surface area contributed by atoms with E-state index in [-0.39, 0.29) is 17.9 Å². The van der Waals surface area contributed by atoms with Gasteiger partial charge in [-0.2, -0.15) is 13.2 Å². The lowest BCUT2D eigenvalue weighted by atomic mass is 10.2. The lowest BCUT2D eigenvalue weighted by Gasteiger charge is -2.22. The van der Waals surface area contributed by atoms with Gasteiger partial charge in [0.15, 0.2) is 0 Å². The molecule has 158 valence electrons. The van der Waals surface area contributed by atoms with Gasteiger partial charge in [0.2, 0.25) is 10.0 Å². The molecule has 0 aliphatic carbocycles. The first-order valence-corrected chi connectivity index (χ1v) is 10.5. The first-order valence-electron chi connectivity index (χ1n) is 8.63. The van der Waals surface area contributed by atoms with Crippen LogP contribution in [-0.4, -0.2) is 19.7 Å². The summed E-state index contributed by atoms with van der Waals surface area (Å²) in [6, 6.07) is 13.3. The Morgan fingerprint density at radius 3 is 2.03 bits per heavy atom. The van der Waals surface area contributed by atoms with E-state index in [1.54, 1.807) is 6.07 Å². The molecule has 3 rings (SSSR count). The van der Waals surface area contributed by atoms with Crippen LogP contribution >= 0.6 is 0 Å². The molecule has 0 spiro atoms. The summed E-state index contributed by atoms with van der Waals surface area (Å²) in [5.74, 6) is 0.510. The molecule has 0 radical (unpaired) electrons. The summed E-state index contributed by atoms with van der Waals surface area (Å²) < 4.78 is 68.9. The second kappa shape index (κ2) is 8.23. The van der Waals surface area contributed by atoms with Gasteiger partial charge in [0.05, 0.1) is 24.1 Å². The van der Waals surface area contributed by atoms with E-state index < -0.39 is 27.3 Å². The third-order valence-electron chi connectivity index (χ3n) is 4.16. The Hall–Kier alpha value is -3.27. The lowest BCUT2D eigenvalue weighted by Crippen LogP contribution is -2.31. The van der Waals surface area contributed by atoms with E-state index in [0.717, 1.165) is 22.7 Å². The molecule has 2 aromatic carbocycles.